The summed E-state index contributed by atoms with van der Waals surface area (Å²) >= 11 is 0. The minimum absolute atomic E-state index is 0.0370. The molecule has 0 aliphatic rings. The molecule has 15 heavy (non-hydrogen) atoms. The summed E-state index contributed by atoms with van der Waals surface area (Å²) in [6.45, 7) is 1.22. The summed E-state index contributed by atoms with van der Waals surface area (Å²) < 4.78 is 35.4. The molecule has 0 atom stereocenters. The van der Waals surface area contributed by atoms with E-state index in [1.165, 1.54) is 6.92 Å². The fourth-order valence-electron chi connectivity index (χ4n) is 1.11. The summed E-state index contributed by atoms with van der Waals surface area (Å²) in [6.07, 6.45) is 0.992. The van der Waals surface area contributed by atoms with Crippen LogP contribution in [0.5, 0.6) is 0 Å². The molecule has 0 fully saturated rings. The third-order valence-electron chi connectivity index (χ3n) is 1.65. The standard InChI is InChI=1S/C9H10FNO3S/c1-6(12)11-8-5-7(10)3-4-9(8)15(2,13)14/h3-5H,1-2H3,(H,11,12). The first kappa shape index (κ1) is 11.6. The van der Waals surface area contributed by atoms with Crippen molar-refractivity contribution in [2.75, 3.05) is 11.6 Å². The van der Waals surface area contributed by atoms with Crippen LogP contribution < -0.4 is 5.32 Å². The van der Waals surface area contributed by atoms with Crippen molar-refractivity contribution in [3.8, 4) is 0 Å². The summed E-state index contributed by atoms with van der Waals surface area (Å²) in [7, 11) is -3.48. The van der Waals surface area contributed by atoms with Gasteiger partial charge in [0.25, 0.3) is 0 Å². The number of benzene rings is 1. The van der Waals surface area contributed by atoms with Crippen molar-refractivity contribution in [2.45, 2.75) is 11.8 Å². The van der Waals surface area contributed by atoms with Crippen molar-refractivity contribution in [1.82, 2.24) is 0 Å². The number of hydrogen-bond donors (Lipinski definition) is 1. The van der Waals surface area contributed by atoms with E-state index in [9.17, 15) is 17.6 Å². The first-order valence-electron chi connectivity index (χ1n) is 4.08. The van der Waals surface area contributed by atoms with Crippen LogP contribution in [0.2, 0.25) is 0 Å². The van der Waals surface area contributed by atoms with E-state index in [0.717, 1.165) is 24.5 Å². The highest BCUT2D eigenvalue weighted by Gasteiger charge is 2.14. The minimum Gasteiger partial charge on any atom is -0.325 e. The summed E-state index contributed by atoms with van der Waals surface area (Å²) in [4.78, 5) is 10.7. The van der Waals surface area contributed by atoms with Crippen LogP contribution >= 0.6 is 0 Å². The maximum absolute atomic E-state index is 12.8. The van der Waals surface area contributed by atoms with Crippen LogP contribution in [0.15, 0.2) is 23.1 Å². The van der Waals surface area contributed by atoms with Crippen molar-refractivity contribution < 1.29 is 17.6 Å². The number of rotatable bonds is 2. The summed E-state index contributed by atoms with van der Waals surface area (Å²) in [5.74, 6) is -1.06. The molecule has 1 aromatic carbocycles. The van der Waals surface area contributed by atoms with Crippen LogP contribution in [0.3, 0.4) is 0 Å². The largest absolute Gasteiger partial charge is 0.325 e. The molecule has 1 N–H and O–H groups in total. The van der Waals surface area contributed by atoms with Gasteiger partial charge in [0.05, 0.1) is 10.6 Å². The molecule has 82 valence electrons. The normalized spacial score (nSPS) is 11.1. The summed E-state index contributed by atoms with van der Waals surface area (Å²) in [5.41, 5.74) is -0.0370. The number of carbonyl (C=O) groups excluding carboxylic acids is 1. The average Bonchev–Trinajstić information content (AvgIpc) is 1.99. The molecule has 0 heterocycles. The molecule has 0 spiro atoms. The maximum Gasteiger partial charge on any atom is 0.221 e. The molecule has 0 radical (unpaired) electrons. The Labute approximate surface area is 87.0 Å². The van der Waals surface area contributed by atoms with Crippen molar-refractivity contribution in [3.63, 3.8) is 0 Å². The third kappa shape index (κ3) is 3.02. The Morgan fingerprint density at radius 3 is 2.47 bits per heavy atom. The molecule has 0 saturated heterocycles. The Balaban J connectivity index is 3.33. The van der Waals surface area contributed by atoms with Crippen molar-refractivity contribution >= 4 is 21.4 Å². The lowest BCUT2D eigenvalue weighted by Crippen LogP contribution is -2.10. The molecule has 0 aliphatic heterocycles. The van der Waals surface area contributed by atoms with E-state index in [1.54, 1.807) is 0 Å². The maximum atomic E-state index is 12.8. The zero-order valence-corrected chi connectivity index (χ0v) is 9.06. The topological polar surface area (TPSA) is 63.2 Å². The number of hydrogen-bond acceptors (Lipinski definition) is 3. The lowest BCUT2D eigenvalue weighted by atomic mass is 10.3. The van der Waals surface area contributed by atoms with Gasteiger partial charge in [-0.2, -0.15) is 0 Å². The molecular formula is C9H10FNO3S. The van der Waals surface area contributed by atoms with E-state index in [-0.39, 0.29) is 10.6 Å². The van der Waals surface area contributed by atoms with E-state index in [4.69, 9.17) is 0 Å². The first-order chi connectivity index (χ1) is 6.80. The van der Waals surface area contributed by atoms with Crippen LogP contribution in [0.4, 0.5) is 10.1 Å². The number of halogens is 1. The molecule has 0 aromatic heterocycles. The molecule has 0 saturated carbocycles. The Bertz CT molecular complexity index is 496. The van der Waals surface area contributed by atoms with Crippen LogP contribution in [-0.2, 0) is 14.6 Å². The van der Waals surface area contributed by atoms with Gasteiger partial charge < -0.3 is 5.32 Å². The lowest BCUT2D eigenvalue weighted by Gasteiger charge is -2.07. The molecule has 6 heteroatoms. The Morgan fingerprint density at radius 1 is 1.40 bits per heavy atom. The molecule has 1 amide bonds. The predicted molar refractivity (Wildman–Crippen MR) is 53.8 cm³/mol. The molecule has 1 rings (SSSR count). The van der Waals surface area contributed by atoms with Crippen molar-refractivity contribution in [3.05, 3.63) is 24.0 Å². The number of nitrogens with one attached hydrogen (secondary N) is 1. The highest BCUT2D eigenvalue weighted by atomic mass is 32.2. The smallest absolute Gasteiger partial charge is 0.221 e. The second-order valence-electron chi connectivity index (χ2n) is 3.09. The molecule has 1 aromatic rings. The number of amides is 1. The van der Waals surface area contributed by atoms with Crippen molar-refractivity contribution in [2.24, 2.45) is 0 Å². The van der Waals surface area contributed by atoms with Gasteiger partial charge in [-0.1, -0.05) is 0 Å². The van der Waals surface area contributed by atoms with Gasteiger partial charge >= 0.3 is 0 Å². The third-order valence-corrected chi connectivity index (χ3v) is 2.81. The highest BCUT2D eigenvalue weighted by Crippen LogP contribution is 2.22. The van der Waals surface area contributed by atoms with Gasteiger partial charge in [0.1, 0.15) is 5.82 Å². The molecule has 0 unspecified atom stereocenters. The van der Waals surface area contributed by atoms with Gasteiger partial charge in [-0.3, -0.25) is 4.79 Å². The minimum atomic E-state index is -3.48. The average molecular weight is 231 g/mol. The van der Waals surface area contributed by atoms with E-state index in [0.29, 0.717) is 0 Å². The number of sulfone groups is 1. The van der Waals surface area contributed by atoms with Gasteiger partial charge in [0, 0.05) is 13.2 Å². The second kappa shape index (κ2) is 3.98. The monoisotopic (exact) mass is 231 g/mol. The van der Waals surface area contributed by atoms with E-state index in [1.807, 2.05) is 0 Å². The summed E-state index contributed by atoms with van der Waals surface area (Å²) in [5, 5.41) is 2.26. The zero-order valence-electron chi connectivity index (χ0n) is 8.24. The molecule has 4 nitrogen and oxygen atoms in total. The van der Waals surface area contributed by atoms with Crippen LogP contribution in [-0.4, -0.2) is 20.6 Å². The zero-order chi connectivity index (χ0) is 11.6. The van der Waals surface area contributed by atoms with E-state index in [2.05, 4.69) is 5.32 Å². The van der Waals surface area contributed by atoms with Crippen LogP contribution in [0.1, 0.15) is 6.92 Å². The Hall–Kier alpha value is -1.43. The predicted octanol–water partition coefficient (Wildman–Crippen LogP) is 1.19. The first-order valence-corrected chi connectivity index (χ1v) is 5.97. The molecule has 0 bridgehead atoms. The Kier molecular flexibility index (Phi) is 3.09. The van der Waals surface area contributed by atoms with Gasteiger partial charge in [-0.15, -0.1) is 0 Å². The van der Waals surface area contributed by atoms with Crippen LogP contribution in [0.25, 0.3) is 0 Å². The van der Waals surface area contributed by atoms with Gasteiger partial charge in [0.2, 0.25) is 5.91 Å². The lowest BCUT2D eigenvalue weighted by molar-refractivity contribution is -0.114. The SMILES string of the molecule is CC(=O)Nc1cc(F)ccc1S(C)(=O)=O. The number of carbonyl (C=O) groups is 1. The van der Waals surface area contributed by atoms with E-state index < -0.39 is 21.6 Å². The van der Waals surface area contributed by atoms with Gasteiger partial charge in [0.15, 0.2) is 9.84 Å². The van der Waals surface area contributed by atoms with Gasteiger partial charge in [-0.25, -0.2) is 12.8 Å². The van der Waals surface area contributed by atoms with Gasteiger partial charge in [-0.05, 0) is 18.2 Å². The Morgan fingerprint density at radius 2 is 2.00 bits per heavy atom. The summed E-state index contributed by atoms with van der Waals surface area (Å²) in [6, 6.07) is 3.12. The number of anilines is 1. The fraction of sp³-hybridized carbons (Fsp3) is 0.222. The quantitative estimate of drug-likeness (QED) is 0.777. The van der Waals surface area contributed by atoms with Crippen LogP contribution in [0, 0.1) is 5.82 Å². The second-order valence-corrected chi connectivity index (χ2v) is 5.08. The van der Waals surface area contributed by atoms with Crippen molar-refractivity contribution in [1.29, 1.82) is 0 Å². The molecular weight excluding hydrogens is 221 g/mol. The fourth-order valence-corrected chi connectivity index (χ4v) is 1.94. The van der Waals surface area contributed by atoms with E-state index >= 15 is 0 Å². The molecule has 0 aliphatic carbocycles. The highest BCUT2D eigenvalue weighted by molar-refractivity contribution is 7.90.